The topological polar surface area (TPSA) is 69.1 Å². The van der Waals surface area contributed by atoms with Gasteiger partial charge in [-0.25, -0.2) is 4.68 Å². The molecule has 0 saturated carbocycles. The Morgan fingerprint density at radius 1 is 1.33 bits per heavy atom. The van der Waals surface area contributed by atoms with Gasteiger partial charge in [0.25, 0.3) is 0 Å². The third-order valence-electron chi connectivity index (χ3n) is 3.85. The Kier molecular flexibility index (Phi) is 6.69. The predicted molar refractivity (Wildman–Crippen MR) is 96.7 cm³/mol. The maximum atomic E-state index is 11.0. The fraction of sp³-hybridized carbons (Fsp3) is 0.471. The molecule has 0 saturated heterocycles. The minimum absolute atomic E-state index is 0.280. The van der Waals surface area contributed by atoms with Gasteiger partial charge in [-0.05, 0) is 30.7 Å². The molecule has 130 valence electrons. The second kappa shape index (κ2) is 8.75. The summed E-state index contributed by atoms with van der Waals surface area (Å²) in [4.78, 5) is 13.3. The van der Waals surface area contributed by atoms with E-state index in [2.05, 4.69) is 29.1 Å². The van der Waals surface area contributed by atoms with Crippen LogP contribution in [0, 0.1) is 4.77 Å². The smallest absolute Gasteiger partial charge is 0.217 e. The third-order valence-corrected chi connectivity index (χ3v) is 4.33. The number of hydrogen-bond acceptors (Lipinski definition) is 4. The number of aromatic nitrogens is 3. The van der Waals surface area contributed by atoms with Gasteiger partial charge in [0.2, 0.25) is 5.91 Å². The second-order valence-electron chi connectivity index (χ2n) is 5.90. The van der Waals surface area contributed by atoms with Crippen LogP contribution in [0.4, 0.5) is 0 Å². The van der Waals surface area contributed by atoms with Crippen molar-refractivity contribution >= 4 is 18.1 Å². The molecule has 0 aliphatic carbocycles. The number of benzene rings is 1. The van der Waals surface area contributed by atoms with Gasteiger partial charge in [0.1, 0.15) is 5.82 Å². The highest BCUT2D eigenvalue weighted by Gasteiger charge is 2.12. The highest BCUT2D eigenvalue weighted by atomic mass is 32.1. The molecule has 6 nitrogen and oxygen atoms in total. The summed E-state index contributed by atoms with van der Waals surface area (Å²) in [5.74, 6) is 0.460. The molecule has 0 bridgehead atoms. The van der Waals surface area contributed by atoms with Crippen molar-refractivity contribution in [3.8, 4) is 0 Å². The lowest BCUT2D eigenvalue weighted by Crippen LogP contribution is -2.27. The van der Waals surface area contributed by atoms with Gasteiger partial charge in [-0.3, -0.25) is 9.69 Å². The minimum atomic E-state index is -0.327. The van der Waals surface area contributed by atoms with E-state index in [-0.39, 0.29) is 12.3 Å². The average Bonchev–Trinajstić information content (AvgIpc) is 2.82. The van der Waals surface area contributed by atoms with Crippen molar-refractivity contribution in [1.82, 2.24) is 19.2 Å². The summed E-state index contributed by atoms with van der Waals surface area (Å²) in [5.41, 5.74) is 6.49. The molecule has 0 aliphatic heterocycles. The molecule has 1 aromatic carbocycles. The average molecular weight is 347 g/mol. The molecule has 1 heterocycles. The molecule has 7 heteroatoms. The van der Waals surface area contributed by atoms with Gasteiger partial charge >= 0.3 is 0 Å². The number of primary amides is 1. The third kappa shape index (κ3) is 5.01. The van der Waals surface area contributed by atoms with E-state index in [1.165, 1.54) is 5.56 Å². The van der Waals surface area contributed by atoms with Crippen LogP contribution in [0.3, 0.4) is 0 Å². The summed E-state index contributed by atoms with van der Waals surface area (Å²) < 4.78 is 4.33. The number of hydrogen-bond donors (Lipinski definition) is 1. The van der Waals surface area contributed by atoms with E-state index in [9.17, 15) is 4.79 Å². The first-order chi connectivity index (χ1) is 11.5. The summed E-state index contributed by atoms with van der Waals surface area (Å²) >= 11 is 5.48. The van der Waals surface area contributed by atoms with Crippen molar-refractivity contribution in [1.29, 1.82) is 0 Å². The van der Waals surface area contributed by atoms with Crippen LogP contribution in [0.1, 0.15) is 31.2 Å². The quantitative estimate of drug-likeness (QED) is 0.706. The van der Waals surface area contributed by atoms with E-state index in [1.54, 1.807) is 0 Å². The highest BCUT2D eigenvalue weighted by Crippen LogP contribution is 2.09. The van der Waals surface area contributed by atoms with E-state index >= 15 is 0 Å². The lowest BCUT2D eigenvalue weighted by atomic mass is 10.2. The number of amides is 1. The molecule has 0 unspecified atom stereocenters. The lowest BCUT2D eigenvalue weighted by molar-refractivity contribution is -0.118. The molecule has 1 aromatic heterocycles. The Bertz CT molecular complexity index is 722. The van der Waals surface area contributed by atoms with Gasteiger partial charge < -0.3 is 10.3 Å². The number of rotatable bonds is 9. The zero-order valence-corrected chi connectivity index (χ0v) is 15.1. The summed E-state index contributed by atoms with van der Waals surface area (Å²) in [6, 6.07) is 10.4. The van der Waals surface area contributed by atoms with E-state index in [4.69, 9.17) is 18.0 Å². The molecule has 1 amide bonds. The molecule has 2 rings (SSSR count). The van der Waals surface area contributed by atoms with Gasteiger partial charge in [-0.2, -0.15) is 5.10 Å². The van der Waals surface area contributed by atoms with Gasteiger partial charge in [-0.15, -0.1) is 0 Å². The number of carbonyl (C=O) groups excluding carboxylic acids is 1. The zero-order valence-electron chi connectivity index (χ0n) is 14.3. The van der Waals surface area contributed by atoms with E-state index < -0.39 is 0 Å². The molecule has 0 spiro atoms. The van der Waals surface area contributed by atoms with Gasteiger partial charge in [0, 0.05) is 26.4 Å². The van der Waals surface area contributed by atoms with Crippen molar-refractivity contribution in [2.75, 3.05) is 6.54 Å². The molecule has 0 aliphatic rings. The molecular weight excluding hydrogens is 322 g/mol. The fourth-order valence-corrected chi connectivity index (χ4v) is 2.83. The van der Waals surface area contributed by atoms with E-state index in [0.29, 0.717) is 17.9 Å². The SMILES string of the molecule is CCCN(Cc1ccccc1)Cn1nc(CCC(N)=O)n(C)c1=S. The van der Waals surface area contributed by atoms with Crippen LogP contribution in [0.2, 0.25) is 0 Å². The monoisotopic (exact) mass is 347 g/mol. The Hall–Kier alpha value is -1.99. The first kappa shape index (κ1) is 18.4. The van der Waals surface area contributed by atoms with Crippen molar-refractivity contribution in [2.24, 2.45) is 12.8 Å². The van der Waals surface area contributed by atoms with Crippen LogP contribution in [-0.4, -0.2) is 31.7 Å². The number of nitrogens with two attached hydrogens (primary N) is 1. The predicted octanol–water partition coefficient (Wildman–Crippen LogP) is 2.24. The minimum Gasteiger partial charge on any atom is -0.370 e. The molecule has 2 aromatic rings. The summed E-state index contributed by atoms with van der Waals surface area (Å²) in [6.07, 6.45) is 1.85. The zero-order chi connectivity index (χ0) is 17.5. The summed E-state index contributed by atoms with van der Waals surface area (Å²) in [7, 11) is 1.88. The Morgan fingerprint density at radius 2 is 2.04 bits per heavy atom. The van der Waals surface area contributed by atoms with E-state index in [1.807, 2.05) is 34.5 Å². The van der Waals surface area contributed by atoms with Crippen LogP contribution in [0.5, 0.6) is 0 Å². The van der Waals surface area contributed by atoms with Crippen molar-refractivity contribution < 1.29 is 4.79 Å². The van der Waals surface area contributed by atoms with E-state index in [0.717, 1.165) is 25.3 Å². The van der Waals surface area contributed by atoms with Gasteiger partial charge in [-0.1, -0.05) is 37.3 Å². The van der Waals surface area contributed by atoms with Crippen LogP contribution in [0.15, 0.2) is 30.3 Å². The molecule has 0 atom stereocenters. The standard InChI is InChI=1S/C17H25N5OS/c1-3-11-21(12-14-7-5-4-6-8-14)13-22-17(24)20(2)16(19-22)10-9-15(18)23/h4-8H,3,9-13H2,1-2H3,(H2,18,23). The van der Waals surface area contributed by atoms with Crippen LogP contribution in [0.25, 0.3) is 0 Å². The Labute approximate surface area is 147 Å². The first-order valence-electron chi connectivity index (χ1n) is 8.18. The number of nitrogens with zero attached hydrogens (tertiary/aromatic N) is 4. The van der Waals surface area contributed by atoms with Crippen LogP contribution >= 0.6 is 12.2 Å². The summed E-state index contributed by atoms with van der Waals surface area (Å²) in [5, 5.41) is 4.57. The molecule has 0 fully saturated rings. The van der Waals surface area contributed by atoms with Gasteiger partial charge in [0.15, 0.2) is 4.77 Å². The number of carbonyl (C=O) groups is 1. The normalized spacial score (nSPS) is 11.1. The van der Waals surface area contributed by atoms with Crippen LogP contribution < -0.4 is 5.73 Å². The van der Waals surface area contributed by atoms with Crippen molar-refractivity contribution in [3.05, 3.63) is 46.5 Å². The second-order valence-corrected chi connectivity index (χ2v) is 6.27. The van der Waals surface area contributed by atoms with Crippen LogP contribution in [-0.2, 0) is 31.5 Å². The largest absolute Gasteiger partial charge is 0.370 e. The number of aryl methyl sites for hydroxylation is 1. The lowest BCUT2D eigenvalue weighted by Gasteiger charge is -2.21. The first-order valence-corrected chi connectivity index (χ1v) is 8.59. The highest BCUT2D eigenvalue weighted by molar-refractivity contribution is 7.71. The maximum absolute atomic E-state index is 11.0. The summed E-state index contributed by atoms with van der Waals surface area (Å²) in [6.45, 7) is 4.60. The molecular formula is C17H25N5OS. The molecule has 2 N–H and O–H groups in total. The van der Waals surface area contributed by atoms with Crippen molar-refractivity contribution in [3.63, 3.8) is 0 Å². The Morgan fingerprint density at radius 3 is 2.67 bits per heavy atom. The maximum Gasteiger partial charge on any atom is 0.217 e. The molecule has 0 radical (unpaired) electrons. The van der Waals surface area contributed by atoms with Gasteiger partial charge in [0.05, 0.1) is 6.67 Å². The fourth-order valence-electron chi connectivity index (χ4n) is 2.62. The Balaban J connectivity index is 2.12. The van der Waals surface area contributed by atoms with Crippen molar-refractivity contribution in [2.45, 2.75) is 39.4 Å². The molecule has 24 heavy (non-hydrogen) atoms.